The van der Waals surface area contributed by atoms with Crippen molar-refractivity contribution in [3.8, 4) is 16.2 Å². The highest BCUT2D eigenvalue weighted by molar-refractivity contribution is 7.13. The van der Waals surface area contributed by atoms with Gasteiger partial charge in [-0.25, -0.2) is 4.98 Å². The minimum absolute atomic E-state index is 0. The SMILES string of the molecule is Cl.Nc1ncc(COc2ccccc2-c2cc(C(=O)NCC(=O)O)cs2)c(N)n1. The molecule has 0 bridgehead atoms. The molecule has 29 heavy (non-hydrogen) atoms. The largest absolute Gasteiger partial charge is 0.488 e. The summed E-state index contributed by atoms with van der Waals surface area (Å²) in [7, 11) is 0. The Balaban J connectivity index is 0.00000300. The molecule has 0 saturated heterocycles. The molecule has 152 valence electrons. The van der Waals surface area contributed by atoms with E-state index in [9.17, 15) is 9.59 Å². The maximum Gasteiger partial charge on any atom is 0.322 e. The van der Waals surface area contributed by atoms with E-state index in [-0.39, 0.29) is 30.8 Å². The fourth-order valence-electron chi connectivity index (χ4n) is 2.35. The van der Waals surface area contributed by atoms with Crippen LogP contribution in [0, 0.1) is 0 Å². The van der Waals surface area contributed by atoms with Gasteiger partial charge in [-0.2, -0.15) is 4.98 Å². The summed E-state index contributed by atoms with van der Waals surface area (Å²) in [5.41, 5.74) is 13.1. The zero-order valence-corrected chi connectivity index (χ0v) is 16.6. The lowest BCUT2D eigenvalue weighted by molar-refractivity contribution is -0.135. The molecule has 0 unspecified atom stereocenters. The van der Waals surface area contributed by atoms with Gasteiger partial charge in [0.25, 0.3) is 5.91 Å². The van der Waals surface area contributed by atoms with Gasteiger partial charge >= 0.3 is 5.97 Å². The second-order valence-electron chi connectivity index (χ2n) is 5.70. The minimum atomic E-state index is -1.10. The molecule has 0 aliphatic heterocycles. The number of aromatic nitrogens is 2. The second kappa shape index (κ2) is 9.71. The molecule has 0 saturated carbocycles. The molecule has 11 heteroatoms. The molecule has 0 atom stereocenters. The number of carbonyl (C=O) groups is 2. The fourth-order valence-corrected chi connectivity index (χ4v) is 3.27. The number of rotatable bonds is 7. The van der Waals surface area contributed by atoms with Crippen LogP contribution >= 0.6 is 23.7 Å². The number of para-hydroxylation sites is 1. The van der Waals surface area contributed by atoms with Crippen LogP contribution in [-0.2, 0) is 11.4 Å². The molecule has 0 spiro atoms. The van der Waals surface area contributed by atoms with Crippen molar-refractivity contribution < 1.29 is 19.4 Å². The van der Waals surface area contributed by atoms with E-state index in [2.05, 4.69) is 15.3 Å². The van der Waals surface area contributed by atoms with E-state index >= 15 is 0 Å². The molecule has 1 amide bonds. The number of nitrogens with two attached hydrogens (primary N) is 2. The van der Waals surface area contributed by atoms with E-state index in [0.29, 0.717) is 16.9 Å². The summed E-state index contributed by atoms with van der Waals surface area (Å²) in [5, 5.41) is 12.7. The Morgan fingerprint density at radius 1 is 1.24 bits per heavy atom. The number of halogens is 1. The average Bonchev–Trinajstić information content (AvgIpc) is 3.16. The Morgan fingerprint density at radius 3 is 2.72 bits per heavy atom. The summed E-state index contributed by atoms with van der Waals surface area (Å²) >= 11 is 1.35. The van der Waals surface area contributed by atoms with Crippen molar-refractivity contribution in [2.45, 2.75) is 6.61 Å². The van der Waals surface area contributed by atoms with Crippen LogP contribution in [0.25, 0.3) is 10.4 Å². The number of hydrogen-bond donors (Lipinski definition) is 4. The first kappa shape index (κ1) is 21.9. The Hall–Kier alpha value is -3.37. The number of aliphatic carboxylic acids is 1. The van der Waals surface area contributed by atoms with E-state index in [1.807, 2.05) is 18.2 Å². The van der Waals surface area contributed by atoms with E-state index in [0.717, 1.165) is 10.4 Å². The highest BCUT2D eigenvalue weighted by atomic mass is 35.5. The Morgan fingerprint density at radius 2 is 2.00 bits per heavy atom. The normalized spacial score (nSPS) is 10.1. The molecule has 0 aliphatic rings. The smallest absolute Gasteiger partial charge is 0.322 e. The van der Waals surface area contributed by atoms with Crippen LogP contribution in [0.4, 0.5) is 11.8 Å². The van der Waals surface area contributed by atoms with Crippen LogP contribution in [-0.4, -0.2) is 33.5 Å². The van der Waals surface area contributed by atoms with Crippen LogP contribution in [0.3, 0.4) is 0 Å². The molecule has 0 radical (unpaired) electrons. The molecule has 0 fully saturated rings. The van der Waals surface area contributed by atoms with Gasteiger partial charge in [0.15, 0.2) is 0 Å². The van der Waals surface area contributed by atoms with Crippen molar-refractivity contribution in [2.75, 3.05) is 18.0 Å². The van der Waals surface area contributed by atoms with Crippen molar-refractivity contribution in [3.05, 3.63) is 53.0 Å². The van der Waals surface area contributed by atoms with Crippen molar-refractivity contribution in [1.29, 1.82) is 0 Å². The number of ether oxygens (including phenoxy) is 1. The van der Waals surface area contributed by atoms with E-state index in [4.69, 9.17) is 21.3 Å². The molecular formula is C18H18ClN5O4S. The monoisotopic (exact) mass is 435 g/mol. The molecule has 2 heterocycles. The molecular weight excluding hydrogens is 418 g/mol. The molecule has 0 aliphatic carbocycles. The lowest BCUT2D eigenvalue weighted by Gasteiger charge is -2.11. The lowest BCUT2D eigenvalue weighted by atomic mass is 10.1. The van der Waals surface area contributed by atoms with Gasteiger partial charge in [0, 0.05) is 22.0 Å². The molecule has 9 nitrogen and oxygen atoms in total. The number of anilines is 2. The fraction of sp³-hybridized carbons (Fsp3) is 0.111. The number of hydrogen-bond acceptors (Lipinski definition) is 8. The summed E-state index contributed by atoms with van der Waals surface area (Å²) < 4.78 is 5.87. The van der Waals surface area contributed by atoms with Gasteiger partial charge in [-0.1, -0.05) is 12.1 Å². The second-order valence-corrected chi connectivity index (χ2v) is 6.61. The number of carbonyl (C=O) groups excluding carboxylic acids is 1. The van der Waals surface area contributed by atoms with Crippen molar-refractivity contribution >= 4 is 47.4 Å². The number of nitrogens with one attached hydrogen (secondary N) is 1. The average molecular weight is 436 g/mol. The van der Waals surface area contributed by atoms with Crippen LogP contribution in [0.2, 0.25) is 0 Å². The molecule has 1 aromatic carbocycles. The number of nitrogens with zero attached hydrogens (tertiary/aromatic N) is 2. The summed E-state index contributed by atoms with van der Waals surface area (Å²) in [6, 6.07) is 9.03. The number of nitrogen functional groups attached to an aromatic ring is 2. The van der Waals surface area contributed by atoms with E-state index in [1.54, 1.807) is 17.5 Å². The predicted molar refractivity (Wildman–Crippen MR) is 112 cm³/mol. The van der Waals surface area contributed by atoms with Gasteiger partial charge in [-0.05, 0) is 18.2 Å². The zero-order chi connectivity index (χ0) is 20.1. The van der Waals surface area contributed by atoms with E-state index < -0.39 is 18.4 Å². The third-order valence-corrected chi connectivity index (χ3v) is 4.68. The predicted octanol–water partition coefficient (Wildman–Crippen LogP) is 2.18. The van der Waals surface area contributed by atoms with Gasteiger partial charge in [0.05, 0.1) is 11.1 Å². The maximum atomic E-state index is 12.0. The minimum Gasteiger partial charge on any atom is -0.488 e. The lowest BCUT2D eigenvalue weighted by Crippen LogP contribution is -2.28. The molecule has 3 aromatic rings. The van der Waals surface area contributed by atoms with Gasteiger partial charge in [0.2, 0.25) is 5.95 Å². The third-order valence-electron chi connectivity index (χ3n) is 3.71. The van der Waals surface area contributed by atoms with Crippen LogP contribution < -0.4 is 21.5 Å². The summed E-state index contributed by atoms with van der Waals surface area (Å²) in [6.07, 6.45) is 1.51. The Kier molecular flexibility index (Phi) is 7.34. The quantitative estimate of drug-likeness (QED) is 0.440. The number of carboxylic acids is 1. The highest BCUT2D eigenvalue weighted by Gasteiger charge is 2.14. The van der Waals surface area contributed by atoms with Crippen LogP contribution in [0.5, 0.6) is 5.75 Å². The molecule has 2 aromatic heterocycles. The van der Waals surface area contributed by atoms with Crippen molar-refractivity contribution in [3.63, 3.8) is 0 Å². The molecule has 6 N–H and O–H groups in total. The van der Waals surface area contributed by atoms with Crippen LogP contribution in [0.1, 0.15) is 15.9 Å². The third kappa shape index (κ3) is 5.56. The topological polar surface area (TPSA) is 153 Å². The number of amides is 1. The number of carboxylic acid groups (broad SMARTS) is 1. The van der Waals surface area contributed by atoms with Crippen LogP contribution in [0.15, 0.2) is 41.9 Å². The number of benzene rings is 1. The summed E-state index contributed by atoms with van der Waals surface area (Å²) in [4.78, 5) is 31.2. The standard InChI is InChI=1S/C18H17N5O4S.ClH/c19-16-11(6-22-18(20)23-16)8-27-13-4-2-1-3-12(13)14-5-10(9-28-14)17(26)21-7-15(24)25;/h1-6,9H,7-8H2,(H,21,26)(H,24,25)(H4,19,20,22,23);1H. The Bertz CT molecular complexity index is 1030. The highest BCUT2D eigenvalue weighted by Crippen LogP contribution is 2.35. The number of thiophene rings is 1. The van der Waals surface area contributed by atoms with Gasteiger partial charge in [-0.15, -0.1) is 23.7 Å². The van der Waals surface area contributed by atoms with Gasteiger partial charge in [0.1, 0.15) is 24.7 Å². The summed E-state index contributed by atoms with van der Waals surface area (Å²) in [5.74, 6) is -0.617. The first-order valence-electron chi connectivity index (χ1n) is 8.11. The van der Waals surface area contributed by atoms with Crippen molar-refractivity contribution in [1.82, 2.24) is 15.3 Å². The first-order valence-corrected chi connectivity index (χ1v) is 8.99. The zero-order valence-electron chi connectivity index (χ0n) is 15.0. The van der Waals surface area contributed by atoms with Crippen molar-refractivity contribution in [2.24, 2.45) is 0 Å². The molecule has 3 rings (SSSR count). The van der Waals surface area contributed by atoms with E-state index in [1.165, 1.54) is 17.5 Å². The van der Waals surface area contributed by atoms with Gasteiger partial charge < -0.3 is 26.6 Å². The maximum absolute atomic E-state index is 12.0. The summed E-state index contributed by atoms with van der Waals surface area (Å²) in [6.45, 7) is -0.282. The van der Waals surface area contributed by atoms with Gasteiger partial charge in [-0.3, -0.25) is 9.59 Å². The Labute approximate surface area is 176 Å². The first-order chi connectivity index (χ1) is 13.4.